The molecule has 3 heterocycles. The molecule has 7 heteroatoms. The molecule has 94 valence electrons. The minimum atomic E-state index is -0.196. The van der Waals surface area contributed by atoms with Crippen LogP contribution < -0.4 is 10.6 Å². The first-order valence-electron chi connectivity index (χ1n) is 5.60. The molecule has 1 fully saturated rings. The van der Waals surface area contributed by atoms with Crippen molar-refractivity contribution >= 4 is 44.6 Å². The third-order valence-corrected chi connectivity index (χ3v) is 4.07. The maximum absolute atomic E-state index is 5.65. The molecule has 0 aliphatic carbocycles. The fourth-order valence-electron chi connectivity index (χ4n) is 2.01. The number of nitrogens with zero attached hydrogens (tertiary/aromatic N) is 3. The van der Waals surface area contributed by atoms with Crippen LogP contribution >= 0.6 is 23.6 Å². The highest BCUT2D eigenvalue weighted by Crippen LogP contribution is 2.28. The van der Waals surface area contributed by atoms with Gasteiger partial charge in [0.1, 0.15) is 23.2 Å². The molecule has 2 N–H and O–H groups in total. The van der Waals surface area contributed by atoms with Crippen molar-refractivity contribution in [1.29, 1.82) is 0 Å². The van der Waals surface area contributed by atoms with Crippen LogP contribution in [0.25, 0.3) is 10.2 Å². The van der Waals surface area contributed by atoms with Crippen LogP contribution in [-0.2, 0) is 4.74 Å². The standard InChI is InChI=1S/C11H12N4OS2/c12-10(17)8-5-15(2-3-16-8)11-9-7(1-4-18-9)13-6-14-11/h1,4,6,8H,2-3,5H2,(H2,12,17). The molecule has 1 unspecified atom stereocenters. The molecule has 18 heavy (non-hydrogen) atoms. The van der Waals surface area contributed by atoms with Crippen molar-refractivity contribution in [1.82, 2.24) is 9.97 Å². The Morgan fingerprint density at radius 1 is 1.56 bits per heavy atom. The quantitative estimate of drug-likeness (QED) is 0.834. The van der Waals surface area contributed by atoms with Crippen molar-refractivity contribution in [2.75, 3.05) is 24.6 Å². The van der Waals surface area contributed by atoms with Crippen LogP contribution in [0.4, 0.5) is 5.82 Å². The topological polar surface area (TPSA) is 64.3 Å². The number of rotatable bonds is 2. The summed E-state index contributed by atoms with van der Waals surface area (Å²) in [5.74, 6) is 0.944. The Balaban J connectivity index is 1.94. The van der Waals surface area contributed by atoms with Crippen molar-refractivity contribution in [3.8, 4) is 0 Å². The maximum Gasteiger partial charge on any atom is 0.150 e. The van der Waals surface area contributed by atoms with E-state index in [9.17, 15) is 0 Å². The zero-order valence-electron chi connectivity index (χ0n) is 9.57. The van der Waals surface area contributed by atoms with Gasteiger partial charge in [0.25, 0.3) is 0 Å². The molecule has 1 aliphatic rings. The van der Waals surface area contributed by atoms with E-state index in [1.165, 1.54) is 0 Å². The van der Waals surface area contributed by atoms with Crippen molar-refractivity contribution in [3.63, 3.8) is 0 Å². The second-order valence-electron chi connectivity index (χ2n) is 4.04. The van der Waals surface area contributed by atoms with Crippen LogP contribution in [0.3, 0.4) is 0 Å². The van der Waals surface area contributed by atoms with Crippen LogP contribution in [0.1, 0.15) is 0 Å². The van der Waals surface area contributed by atoms with Crippen LogP contribution in [0, 0.1) is 0 Å². The molecule has 3 rings (SSSR count). The van der Waals surface area contributed by atoms with E-state index in [1.807, 2.05) is 11.4 Å². The molecular formula is C11H12N4OS2. The van der Waals surface area contributed by atoms with Gasteiger partial charge < -0.3 is 15.4 Å². The van der Waals surface area contributed by atoms with Gasteiger partial charge in [-0.05, 0) is 11.4 Å². The molecule has 0 radical (unpaired) electrons. The lowest BCUT2D eigenvalue weighted by Crippen LogP contribution is -2.48. The van der Waals surface area contributed by atoms with Gasteiger partial charge in [0.15, 0.2) is 0 Å². The lowest BCUT2D eigenvalue weighted by atomic mass is 10.2. The predicted octanol–water partition coefficient (Wildman–Crippen LogP) is 1.18. The van der Waals surface area contributed by atoms with Gasteiger partial charge in [0.05, 0.1) is 23.4 Å². The number of anilines is 1. The molecule has 1 saturated heterocycles. The zero-order chi connectivity index (χ0) is 12.5. The van der Waals surface area contributed by atoms with E-state index in [1.54, 1.807) is 17.7 Å². The van der Waals surface area contributed by atoms with Crippen LogP contribution in [0.5, 0.6) is 0 Å². The van der Waals surface area contributed by atoms with Gasteiger partial charge in [-0.1, -0.05) is 12.2 Å². The summed E-state index contributed by atoms with van der Waals surface area (Å²) >= 11 is 6.64. The molecule has 0 spiro atoms. The van der Waals surface area contributed by atoms with E-state index >= 15 is 0 Å². The average molecular weight is 280 g/mol. The molecule has 2 aromatic rings. The smallest absolute Gasteiger partial charge is 0.150 e. The number of hydrogen-bond donors (Lipinski definition) is 1. The molecule has 0 bridgehead atoms. The number of ether oxygens (including phenoxy) is 1. The number of morpholine rings is 1. The monoisotopic (exact) mass is 280 g/mol. The highest BCUT2D eigenvalue weighted by Gasteiger charge is 2.24. The molecule has 1 aliphatic heterocycles. The first-order chi connectivity index (χ1) is 8.75. The molecule has 0 amide bonds. The number of thiocarbonyl (C=S) groups is 1. The zero-order valence-corrected chi connectivity index (χ0v) is 11.2. The third kappa shape index (κ3) is 2.05. The Kier molecular flexibility index (Phi) is 3.11. The van der Waals surface area contributed by atoms with E-state index in [-0.39, 0.29) is 6.10 Å². The van der Waals surface area contributed by atoms with E-state index < -0.39 is 0 Å². The maximum atomic E-state index is 5.65. The van der Waals surface area contributed by atoms with Crippen LogP contribution in [0.15, 0.2) is 17.8 Å². The van der Waals surface area contributed by atoms with E-state index in [0.29, 0.717) is 18.1 Å². The Labute approximate surface area is 114 Å². The summed E-state index contributed by atoms with van der Waals surface area (Å²) in [5.41, 5.74) is 6.63. The fourth-order valence-corrected chi connectivity index (χ4v) is 3.02. The van der Waals surface area contributed by atoms with Gasteiger partial charge in [-0.15, -0.1) is 11.3 Å². The van der Waals surface area contributed by atoms with Crippen LogP contribution in [0.2, 0.25) is 0 Å². The highest BCUT2D eigenvalue weighted by atomic mass is 32.1. The number of fused-ring (bicyclic) bond motifs is 1. The van der Waals surface area contributed by atoms with Crippen molar-refractivity contribution in [2.45, 2.75) is 6.10 Å². The fraction of sp³-hybridized carbons (Fsp3) is 0.364. The number of aromatic nitrogens is 2. The summed E-state index contributed by atoms with van der Waals surface area (Å²) in [6, 6.07) is 2.00. The summed E-state index contributed by atoms with van der Waals surface area (Å²) < 4.78 is 6.64. The number of thiophene rings is 1. The van der Waals surface area contributed by atoms with Gasteiger partial charge >= 0.3 is 0 Å². The third-order valence-electron chi connectivity index (χ3n) is 2.91. The first-order valence-corrected chi connectivity index (χ1v) is 6.88. The molecule has 1 atom stereocenters. The molecule has 0 aromatic carbocycles. The summed E-state index contributed by atoms with van der Waals surface area (Å²) in [6.07, 6.45) is 1.40. The number of hydrogen-bond acceptors (Lipinski definition) is 6. The second kappa shape index (κ2) is 4.75. The summed E-state index contributed by atoms with van der Waals surface area (Å²) in [4.78, 5) is 11.2. The molecular weight excluding hydrogens is 268 g/mol. The Hall–Kier alpha value is -1.31. The van der Waals surface area contributed by atoms with Crippen molar-refractivity contribution in [2.24, 2.45) is 5.73 Å². The van der Waals surface area contributed by atoms with Crippen molar-refractivity contribution in [3.05, 3.63) is 17.8 Å². The SMILES string of the molecule is NC(=S)C1CN(c2ncnc3ccsc23)CCO1. The van der Waals surface area contributed by atoms with E-state index in [0.717, 1.165) is 22.6 Å². The summed E-state index contributed by atoms with van der Waals surface area (Å²) in [5, 5.41) is 2.02. The normalized spacial score (nSPS) is 20.2. The average Bonchev–Trinajstić information content (AvgIpc) is 2.87. The lowest BCUT2D eigenvalue weighted by Gasteiger charge is -2.33. The first kappa shape index (κ1) is 11.8. The van der Waals surface area contributed by atoms with Crippen LogP contribution in [-0.4, -0.2) is 40.8 Å². The molecule has 5 nitrogen and oxygen atoms in total. The van der Waals surface area contributed by atoms with Crippen molar-refractivity contribution < 1.29 is 4.74 Å². The van der Waals surface area contributed by atoms with E-state index in [4.69, 9.17) is 22.7 Å². The predicted molar refractivity (Wildman–Crippen MR) is 76.2 cm³/mol. The minimum absolute atomic E-state index is 0.196. The Bertz CT molecular complexity index is 585. The molecule has 2 aromatic heterocycles. The number of nitrogens with two attached hydrogens (primary N) is 1. The second-order valence-corrected chi connectivity index (χ2v) is 5.43. The minimum Gasteiger partial charge on any atom is -0.391 e. The van der Waals surface area contributed by atoms with E-state index in [2.05, 4.69) is 14.9 Å². The van der Waals surface area contributed by atoms with Gasteiger partial charge in [0.2, 0.25) is 0 Å². The van der Waals surface area contributed by atoms with Gasteiger partial charge in [-0.25, -0.2) is 9.97 Å². The van der Waals surface area contributed by atoms with Gasteiger partial charge in [0, 0.05) is 6.54 Å². The summed E-state index contributed by atoms with van der Waals surface area (Å²) in [7, 11) is 0. The van der Waals surface area contributed by atoms with Gasteiger partial charge in [-0.3, -0.25) is 0 Å². The highest BCUT2D eigenvalue weighted by molar-refractivity contribution is 7.80. The largest absolute Gasteiger partial charge is 0.391 e. The lowest BCUT2D eigenvalue weighted by molar-refractivity contribution is 0.0845. The van der Waals surface area contributed by atoms with Gasteiger partial charge in [-0.2, -0.15) is 0 Å². The summed E-state index contributed by atoms with van der Waals surface area (Å²) in [6.45, 7) is 2.06. The Morgan fingerprint density at radius 3 is 3.28 bits per heavy atom. The molecule has 0 saturated carbocycles. The Morgan fingerprint density at radius 2 is 2.44 bits per heavy atom.